The van der Waals surface area contributed by atoms with Crippen LogP contribution in [0.3, 0.4) is 0 Å². The number of hydrogen-bond acceptors (Lipinski definition) is 3. The minimum absolute atomic E-state index is 0.200. The first kappa shape index (κ1) is 14.9. The topological polar surface area (TPSA) is 38.7 Å². The minimum Gasteiger partial charge on any atom is -0.390 e. The van der Waals surface area contributed by atoms with E-state index in [4.69, 9.17) is 9.47 Å². The average Bonchev–Trinajstić information content (AvgIpc) is 2.12. The maximum absolute atomic E-state index is 9.99. The van der Waals surface area contributed by atoms with E-state index >= 15 is 0 Å². The molecular formula is C12H26O3. The highest BCUT2D eigenvalue weighted by Crippen LogP contribution is 2.33. The molecule has 0 saturated carbocycles. The van der Waals surface area contributed by atoms with Gasteiger partial charge in [0.15, 0.2) is 0 Å². The fraction of sp³-hybridized carbons (Fsp3) is 1.00. The van der Waals surface area contributed by atoms with Crippen molar-refractivity contribution in [2.75, 3.05) is 20.3 Å². The summed E-state index contributed by atoms with van der Waals surface area (Å²) in [5.41, 5.74) is -0.411. The summed E-state index contributed by atoms with van der Waals surface area (Å²) in [7, 11) is 1.70. The molecule has 0 aromatic rings. The molecule has 1 atom stereocenters. The molecule has 0 aromatic heterocycles. The van der Waals surface area contributed by atoms with E-state index < -0.39 is 6.10 Å². The summed E-state index contributed by atoms with van der Waals surface area (Å²) in [5.74, 6) is 0. The molecule has 0 aliphatic heterocycles. The molecule has 15 heavy (non-hydrogen) atoms. The number of rotatable bonds is 7. The van der Waals surface area contributed by atoms with Gasteiger partial charge in [0, 0.05) is 13.7 Å². The zero-order chi connectivity index (χ0) is 12.1. The fourth-order valence-electron chi connectivity index (χ4n) is 1.74. The smallest absolute Gasteiger partial charge is 0.0825 e. The number of aliphatic hydroxyl groups is 1. The lowest BCUT2D eigenvalue weighted by atomic mass is 9.77. The van der Waals surface area contributed by atoms with Crippen molar-refractivity contribution in [2.45, 2.75) is 52.7 Å². The predicted molar refractivity (Wildman–Crippen MR) is 62.0 cm³/mol. The van der Waals surface area contributed by atoms with Crippen molar-refractivity contribution in [1.29, 1.82) is 0 Å². The van der Waals surface area contributed by atoms with E-state index in [9.17, 15) is 5.11 Å². The van der Waals surface area contributed by atoms with Crippen LogP contribution in [0, 0.1) is 5.41 Å². The Labute approximate surface area is 93.8 Å². The van der Waals surface area contributed by atoms with E-state index in [1.165, 1.54) is 0 Å². The lowest BCUT2D eigenvalue weighted by Crippen LogP contribution is -2.40. The van der Waals surface area contributed by atoms with Crippen LogP contribution in [-0.4, -0.2) is 37.1 Å². The molecule has 3 nitrogen and oxygen atoms in total. The molecule has 0 saturated heterocycles. The molecule has 3 heteroatoms. The van der Waals surface area contributed by atoms with Gasteiger partial charge in [0.05, 0.1) is 18.3 Å². The first-order chi connectivity index (χ1) is 6.75. The Balaban J connectivity index is 4.26. The first-order valence-corrected chi connectivity index (χ1v) is 5.56. The van der Waals surface area contributed by atoms with Gasteiger partial charge in [-0.25, -0.2) is 0 Å². The third-order valence-electron chi connectivity index (χ3n) is 2.82. The number of aliphatic hydroxyl groups excluding tert-OH is 1. The van der Waals surface area contributed by atoms with Crippen LogP contribution in [0.15, 0.2) is 0 Å². The molecule has 0 aliphatic rings. The molecule has 0 heterocycles. The molecule has 0 amide bonds. The Morgan fingerprint density at radius 3 is 2.13 bits per heavy atom. The highest BCUT2D eigenvalue weighted by atomic mass is 16.5. The average molecular weight is 218 g/mol. The van der Waals surface area contributed by atoms with Crippen LogP contribution in [-0.2, 0) is 9.47 Å². The fourth-order valence-corrected chi connectivity index (χ4v) is 1.74. The van der Waals surface area contributed by atoms with Gasteiger partial charge in [-0.3, -0.25) is 0 Å². The minimum atomic E-state index is -0.452. The molecule has 0 unspecified atom stereocenters. The molecule has 1 N–H and O–H groups in total. The van der Waals surface area contributed by atoms with Crippen LogP contribution >= 0.6 is 0 Å². The standard InChI is InChI=1S/C12H26O3/c1-7-15-8-10(13)11(2,3)9-12(4,5)14-6/h10,13H,7-9H2,1-6H3/t10-/m1/s1. The maximum atomic E-state index is 9.99. The van der Waals surface area contributed by atoms with Gasteiger partial charge >= 0.3 is 0 Å². The van der Waals surface area contributed by atoms with Gasteiger partial charge in [0.25, 0.3) is 0 Å². The van der Waals surface area contributed by atoms with Crippen molar-refractivity contribution >= 4 is 0 Å². The predicted octanol–water partition coefficient (Wildman–Crippen LogP) is 2.23. The zero-order valence-corrected chi connectivity index (χ0v) is 11.0. The summed E-state index contributed by atoms with van der Waals surface area (Å²) in [6.07, 6.45) is 0.344. The van der Waals surface area contributed by atoms with Gasteiger partial charge in [0.1, 0.15) is 0 Å². The van der Waals surface area contributed by atoms with Crippen molar-refractivity contribution < 1.29 is 14.6 Å². The Hall–Kier alpha value is -0.120. The van der Waals surface area contributed by atoms with Gasteiger partial charge in [-0.1, -0.05) is 13.8 Å². The van der Waals surface area contributed by atoms with Crippen molar-refractivity contribution in [3.8, 4) is 0 Å². The van der Waals surface area contributed by atoms with Crippen LogP contribution in [0.1, 0.15) is 41.0 Å². The summed E-state index contributed by atoms with van der Waals surface area (Å²) >= 11 is 0. The monoisotopic (exact) mass is 218 g/mol. The summed E-state index contributed by atoms with van der Waals surface area (Å²) in [6, 6.07) is 0. The molecule has 0 aliphatic carbocycles. The summed E-state index contributed by atoms with van der Waals surface area (Å²) < 4.78 is 10.6. The molecule has 0 radical (unpaired) electrons. The van der Waals surface area contributed by atoms with Crippen LogP contribution in [0.2, 0.25) is 0 Å². The Morgan fingerprint density at radius 2 is 1.73 bits per heavy atom. The number of ether oxygens (including phenoxy) is 2. The summed E-state index contributed by atoms with van der Waals surface area (Å²) in [4.78, 5) is 0. The van der Waals surface area contributed by atoms with Gasteiger partial charge < -0.3 is 14.6 Å². The highest BCUT2D eigenvalue weighted by Gasteiger charge is 2.34. The molecule has 0 rings (SSSR count). The third-order valence-corrected chi connectivity index (χ3v) is 2.82. The highest BCUT2D eigenvalue weighted by molar-refractivity contribution is 4.85. The van der Waals surface area contributed by atoms with E-state index in [2.05, 4.69) is 0 Å². The molecule has 0 spiro atoms. The van der Waals surface area contributed by atoms with Gasteiger partial charge in [-0.05, 0) is 32.6 Å². The normalized spacial score (nSPS) is 15.4. The van der Waals surface area contributed by atoms with Crippen molar-refractivity contribution in [3.05, 3.63) is 0 Å². The van der Waals surface area contributed by atoms with E-state index in [1.54, 1.807) is 7.11 Å². The van der Waals surface area contributed by atoms with E-state index in [1.807, 2.05) is 34.6 Å². The van der Waals surface area contributed by atoms with Crippen molar-refractivity contribution in [3.63, 3.8) is 0 Å². The first-order valence-electron chi connectivity index (χ1n) is 5.56. The molecule has 92 valence electrons. The van der Waals surface area contributed by atoms with Crippen LogP contribution in [0.25, 0.3) is 0 Å². The van der Waals surface area contributed by atoms with Crippen LogP contribution in [0.5, 0.6) is 0 Å². The number of methoxy groups -OCH3 is 1. The SMILES string of the molecule is CCOC[C@@H](O)C(C)(C)CC(C)(C)OC. The molecular weight excluding hydrogens is 192 g/mol. The molecule has 0 fully saturated rings. The summed E-state index contributed by atoms with van der Waals surface area (Å²) in [6.45, 7) is 11.1. The van der Waals surface area contributed by atoms with Gasteiger partial charge in [-0.15, -0.1) is 0 Å². The van der Waals surface area contributed by atoms with E-state index in [0.717, 1.165) is 6.42 Å². The van der Waals surface area contributed by atoms with Gasteiger partial charge in [-0.2, -0.15) is 0 Å². The quantitative estimate of drug-likeness (QED) is 0.712. The lowest BCUT2D eigenvalue weighted by Gasteiger charge is -2.37. The Bertz CT molecular complexity index is 176. The van der Waals surface area contributed by atoms with E-state index in [-0.39, 0.29) is 11.0 Å². The molecule has 0 aromatic carbocycles. The lowest BCUT2D eigenvalue weighted by molar-refractivity contribution is -0.0746. The largest absolute Gasteiger partial charge is 0.390 e. The second kappa shape index (κ2) is 5.83. The van der Waals surface area contributed by atoms with Crippen molar-refractivity contribution in [1.82, 2.24) is 0 Å². The zero-order valence-electron chi connectivity index (χ0n) is 11.0. The summed E-state index contributed by atoms with van der Waals surface area (Å²) in [5, 5.41) is 9.99. The van der Waals surface area contributed by atoms with Crippen LogP contribution in [0.4, 0.5) is 0 Å². The van der Waals surface area contributed by atoms with Gasteiger partial charge in [0.2, 0.25) is 0 Å². The second-order valence-corrected chi connectivity index (χ2v) is 5.30. The van der Waals surface area contributed by atoms with Crippen LogP contribution < -0.4 is 0 Å². The Morgan fingerprint density at radius 1 is 1.20 bits per heavy atom. The second-order valence-electron chi connectivity index (χ2n) is 5.30. The Kier molecular flexibility index (Phi) is 5.78. The van der Waals surface area contributed by atoms with E-state index in [0.29, 0.717) is 13.2 Å². The maximum Gasteiger partial charge on any atom is 0.0825 e. The van der Waals surface area contributed by atoms with Crippen molar-refractivity contribution in [2.24, 2.45) is 5.41 Å². The molecule has 0 bridgehead atoms. The third kappa shape index (κ3) is 5.50. The number of hydrogen-bond donors (Lipinski definition) is 1.